The van der Waals surface area contributed by atoms with Gasteiger partial charge in [-0.1, -0.05) is 29.8 Å². The zero-order valence-corrected chi connectivity index (χ0v) is 7.24. The van der Waals surface area contributed by atoms with Crippen molar-refractivity contribution in [1.29, 1.82) is 0 Å². The first-order valence-corrected chi connectivity index (χ1v) is 4.77. The first-order valence-electron chi connectivity index (χ1n) is 3.37. The number of hydrogen-bond donors (Lipinski definition) is 0. The predicted molar refractivity (Wildman–Crippen MR) is 48.4 cm³/mol. The normalized spacial score (nSPS) is 9.80. The van der Waals surface area contributed by atoms with Gasteiger partial charge in [0.1, 0.15) is 0 Å². The minimum Gasteiger partial charge on any atom is -0.161 e. The Bertz CT molecular complexity index is 206. The number of aryl methyl sites for hydroxylation is 1. The van der Waals surface area contributed by atoms with E-state index in [1.54, 1.807) is 0 Å². The molecule has 0 amide bonds. The third-order valence-electron chi connectivity index (χ3n) is 1.39. The third-order valence-corrected chi connectivity index (χ3v) is 2.02. The summed E-state index contributed by atoms with van der Waals surface area (Å²) in [6, 6.07) is 8.64. The van der Waals surface area contributed by atoms with Crippen molar-refractivity contribution in [3.63, 3.8) is 0 Å². The smallest absolute Gasteiger partial charge is 0.0181 e. The second kappa shape index (κ2) is 3.67. The lowest BCUT2D eigenvalue weighted by molar-refractivity contribution is 1.36. The maximum atomic E-state index is 2.23. The molecule has 0 aliphatic rings. The summed E-state index contributed by atoms with van der Waals surface area (Å²) in [6.07, 6.45) is 2.13. The number of benzene rings is 1. The van der Waals surface area contributed by atoms with Crippen LogP contribution in [0, 0.1) is 6.92 Å². The van der Waals surface area contributed by atoms with Gasteiger partial charge in [0.25, 0.3) is 0 Å². The van der Waals surface area contributed by atoms with Crippen molar-refractivity contribution in [2.45, 2.75) is 12.7 Å². The standard InChI is InChI=1S/C9H12S/c1-8-4-3-5-9(6-8)7-10-2/h3-6H,7H2,1-2H3. The maximum Gasteiger partial charge on any atom is 0.0181 e. The van der Waals surface area contributed by atoms with Crippen molar-refractivity contribution in [3.05, 3.63) is 35.4 Å². The van der Waals surface area contributed by atoms with Crippen molar-refractivity contribution in [3.8, 4) is 0 Å². The summed E-state index contributed by atoms with van der Waals surface area (Å²) in [5.74, 6) is 1.13. The lowest BCUT2D eigenvalue weighted by atomic mass is 10.2. The summed E-state index contributed by atoms with van der Waals surface area (Å²) < 4.78 is 0. The molecule has 0 saturated carbocycles. The molecule has 0 heterocycles. The number of rotatable bonds is 2. The van der Waals surface area contributed by atoms with E-state index in [4.69, 9.17) is 0 Å². The van der Waals surface area contributed by atoms with Crippen LogP contribution in [0.1, 0.15) is 11.1 Å². The van der Waals surface area contributed by atoms with Crippen LogP contribution in [0.15, 0.2) is 24.3 Å². The lowest BCUT2D eigenvalue weighted by Gasteiger charge is -1.97. The zero-order valence-electron chi connectivity index (χ0n) is 6.42. The number of thioether (sulfide) groups is 1. The van der Waals surface area contributed by atoms with Crippen LogP contribution >= 0.6 is 11.8 Å². The van der Waals surface area contributed by atoms with Gasteiger partial charge in [0, 0.05) is 5.75 Å². The average molecular weight is 152 g/mol. The van der Waals surface area contributed by atoms with Gasteiger partial charge in [-0.25, -0.2) is 0 Å². The number of hydrogen-bond acceptors (Lipinski definition) is 1. The van der Waals surface area contributed by atoms with Crippen LogP contribution in [-0.2, 0) is 5.75 Å². The van der Waals surface area contributed by atoms with Gasteiger partial charge in [-0.15, -0.1) is 0 Å². The van der Waals surface area contributed by atoms with E-state index < -0.39 is 0 Å². The summed E-state index contributed by atoms with van der Waals surface area (Å²) in [5, 5.41) is 0. The molecule has 0 N–H and O–H groups in total. The molecule has 54 valence electrons. The predicted octanol–water partition coefficient (Wildman–Crippen LogP) is 2.86. The van der Waals surface area contributed by atoms with E-state index in [9.17, 15) is 0 Å². The molecule has 0 nitrogen and oxygen atoms in total. The van der Waals surface area contributed by atoms with Crippen molar-refractivity contribution in [1.82, 2.24) is 0 Å². The highest BCUT2D eigenvalue weighted by molar-refractivity contribution is 7.97. The zero-order chi connectivity index (χ0) is 7.40. The van der Waals surface area contributed by atoms with Crippen LogP contribution in [0.5, 0.6) is 0 Å². The Morgan fingerprint density at radius 2 is 2.20 bits per heavy atom. The van der Waals surface area contributed by atoms with Gasteiger partial charge in [-0.05, 0) is 18.7 Å². The van der Waals surface area contributed by atoms with Gasteiger partial charge in [-0.2, -0.15) is 11.8 Å². The largest absolute Gasteiger partial charge is 0.161 e. The molecular formula is C9H12S. The molecular weight excluding hydrogens is 140 g/mol. The average Bonchev–Trinajstić information content (AvgIpc) is 1.88. The lowest BCUT2D eigenvalue weighted by Crippen LogP contribution is -1.79. The molecule has 0 radical (unpaired) electrons. The minimum atomic E-state index is 1.13. The fourth-order valence-corrected chi connectivity index (χ4v) is 1.48. The third kappa shape index (κ3) is 2.07. The van der Waals surface area contributed by atoms with Crippen molar-refractivity contribution in [2.24, 2.45) is 0 Å². The first-order chi connectivity index (χ1) is 4.83. The summed E-state index contributed by atoms with van der Waals surface area (Å²) in [4.78, 5) is 0. The molecule has 0 aliphatic heterocycles. The van der Waals surface area contributed by atoms with E-state index in [1.165, 1.54) is 11.1 Å². The molecule has 0 bridgehead atoms. The van der Waals surface area contributed by atoms with Crippen LogP contribution in [0.3, 0.4) is 0 Å². The van der Waals surface area contributed by atoms with Crippen molar-refractivity contribution >= 4 is 11.8 Å². The Balaban J connectivity index is 2.75. The Labute approximate surface area is 66.6 Å². The topological polar surface area (TPSA) is 0 Å². The van der Waals surface area contributed by atoms with E-state index in [1.807, 2.05) is 11.8 Å². The Morgan fingerprint density at radius 3 is 2.80 bits per heavy atom. The fraction of sp³-hybridized carbons (Fsp3) is 0.333. The minimum absolute atomic E-state index is 1.13. The van der Waals surface area contributed by atoms with Gasteiger partial charge in [0.15, 0.2) is 0 Å². The SMILES string of the molecule is CSCc1cccc(C)c1. The highest BCUT2D eigenvalue weighted by atomic mass is 32.2. The molecule has 0 saturated heterocycles. The monoisotopic (exact) mass is 152 g/mol. The van der Waals surface area contributed by atoms with Crippen molar-refractivity contribution in [2.75, 3.05) is 6.26 Å². The summed E-state index contributed by atoms with van der Waals surface area (Å²) >= 11 is 1.86. The highest BCUT2D eigenvalue weighted by Crippen LogP contribution is 2.09. The summed E-state index contributed by atoms with van der Waals surface area (Å²) in [5.41, 5.74) is 2.78. The summed E-state index contributed by atoms with van der Waals surface area (Å²) in [7, 11) is 0. The van der Waals surface area contributed by atoms with Crippen LogP contribution < -0.4 is 0 Å². The summed E-state index contributed by atoms with van der Waals surface area (Å²) in [6.45, 7) is 2.13. The molecule has 1 aromatic rings. The van der Waals surface area contributed by atoms with Gasteiger partial charge in [0.2, 0.25) is 0 Å². The molecule has 0 atom stereocenters. The van der Waals surface area contributed by atoms with E-state index in [0.717, 1.165) is 5.75 Å². The van der Waals surface area contributed by atoms with E-state index in [0.29, 0.717) is 0 Å². The molecule has 10 heavy (non-hydrogen) atoms. The van der Waals surface area contributed by atoms with Crippen LogP contribution in [0.4, 0.5) is 0 Å². The van der Waals surface area contributed by atoms with E-state index in [2.05, 4.69) is 37.4 Å². The highest BCUT2D eigenvalue weighted by Gasteiger charge is 1.89. The van der Waals surface area contributed by atoms with Gasteiger partial charge in [0.05, 0.1) is 0 Å². The van der Waals surface area contributed by atoms with Gasteiger partial charge in [-0.3, -0.25) is 0 Å². The Hall–Kier alpha value is -0.430. The molecule has 1 heteroatoms. The van der Waals surface area contributed by atoms with Gasteiger partial charge >= 0.3 is 0 Å². The second-order valence-electron chi connectivity index (χ2n) is 2.42. The molecule has 0 aromatic heterocycles. The quantitative estimate of drug-likeness (QED) is 0.628. The van der Waals surface area contributed by atoms with E-state index >= 15 is 0 Å². The second-order valence-corrected chi connectivity index (χ2v) is 3.29. The van der Waals surface area contributed by atoms with Crippen molar-refractivity contribution < 1.29 is 0 Å². The maximum absolute atomic E-state index is 2.23. The molecule has 0 aliphatic carbocycles. The van der Waals surface area contributed by atoms with Crippen LogP contribution in [0.2, 0.25) is 0 Å². The molecule has 0 unspecified atom stereocenters. The van der Waals surface area contributed by atoms with E-state index in [-0.39, 0.29) is 0 Å². The molecule has 1 rings (SSSR count). The van der Waals surface area contributed by atoms with Crippen LogP contribution in [-0.4, -0.2) is 6.26 Å². The first kappa shape index (κ1) is 7.67. The molecule has 1 aromatic carbocycles. The Kier molecular flexibility index (Phi) is 2.82. The Morgan fingerprint density at radius 1 is 1.40 bits per heavy atom. The molecule has 0 fully saturated rings. The fourth-order valence-electron chi connectivity index (χ4n) is 0.969. The van der Waals surface area contributed by atoms with Gasteiger partial charge < -0.3 is 0 Å². The molecule has 0 spiro atoms. The van der Waals surface area contributed by atoms with Crippen LogP contribution in [0.25, 0.3) is 0 Å².